The Labute approximate surface area is 225 Å². The molecule has 0 aliphatic carbocycles. The van der Waals surface area contributed by atoms with Gasteiger partial charge in [-0.2, -0.15) is 0 Å². The zero-order valence-corrected chi connectivity index (χ0v) is 29.1. The Balaban J connectivity index is 0.000000320. The quantitative estimate of drug-likeness (QED) is 0.337. The number of hydrogen-bond acceptors (Lipinski definition) is 2. The first-order valence-corrected chi connectivity index (χ1v) is 20.4. The van der Waals surface area contributed by atoms with E-state index in [-0.39, 0.29) is 0 Å². The van der Waals surface area contributed by atoms with Gasteiger partial charge in [-0.3, -0.25) is 0 Å². The van der Waals surface area contributed by atoms with Crippen LogP contribution in [0.2, 0.25) is 39.3 Å². The van der Waals surface area contributed by atoms with Crippen molar-refractivity contribution in [1.29, 1.82) is 0 Å². The van der Waals surface area contributed by atoms with E-state index in [2.05, 4.69) is 105 Å². The number of benzene rings is 2. The molecule has 32 heavy (non-hydrogen) atoms. The normalized spacial score (nSPS) is 11.6. The molecule has 2 rings (SSSR count). The fraction of sp³-hybridized carbons (Fsp3) is 0.462. The summed E-state index contributed by atoms with van der Waals surface area (Å²) in [4.78, 5) is 0. The van der Waals surface area contributed by atoms with Crippen LogP contribution >= 0.6 is 0 Å². The van der Waals surface area contributed by atoms with Crippen molar-refractivity contribution in [2.45, 2.75) is 80.8 Å². The van der Waals surface area contributed by atoms with E-state index < -0.39 is 16.6 Å². The van der Waals surface area contributed by atoms with E-state index >= 15 is 0 Å². The molecule has 0 bridgehead atoms. The molecule has 0 aliphatic heterocycles. The van der Waals surface area contributed by atoms with Crippen LogP contribution in [0.4, 0.5) is 0 Å². The summed E-state index contributed by atoms with van der Waals surface area (Å²) in [6, 6.07) is 8.92. The van der Waals surface area contributed by atoms with Crippen molar-refractivity contribution in [3.63, 3.8) is 0 Å². The minimum atomic E-state index is -1.49. The molecule has 0 saturated carbocycles. The fourth-order valence-corrected chi connectivity index (χ4v) is 11.8. The Bertz CT molecular complexity index is 872. The van der Waals surface area contributed by atoms with Crippen LogP contribution in [0.1, 0.15) is 44.5 Å². The van der Waals surface area contributed by atoms with Crippen LogP contribution in [-0.4, -0.2) is 69.0 Å². The number of aryl methyl sites for hydroxylation is 6. The molecule has 0 spiro atoms. The van der Waals surface area contributed by atoms with Gasteiger partial charge < -0.3 is 0 Å². The van der Waals surface area contributed by atoms with Crippen LogP contribution in [-0.2, 0) is 8.85 Å². The van der Waals surface area contributed by atoms with Crippen molar-refractivity contribution < 1.29 is 8.85 Å². The van der Waals surface area contributed by atoms with Gasteiger partial charge in [-0.25, -0.2) is 0 Å². The van der Waals surface area contributed by atoms with E-state index in [1.807, 2.05) is 0 Å². The molecule has 0 aliphatic rings. The van der Waals surface area contributed by atoms with Crippen molar-refractivity contribution in [2.75, 3.05) is 0 Å². The Kier molecular flexibility index (Phi) is 11.5. The van der Waals surface area contributed by atoms with Gasteiger partial charge in [-0.05, 0) is 0 Å². The van der Waals surface area contributed by atoms with Gasteiger partial charge in [0, 0.05) is 0 Å². The number of hydrogen-bond donors (Lipinski definition) is 0. The molecule has 0 unspecified atom stereocenters. The first-order valence-electron chi connectivity index (χ1n) is 11.1. The summed E-state index contributed by atoms with van der Waals surface area (Å²) >= 11 is 3.38. The van der Waals surface area contributed by atoms with Crippen molar-refractivity contribution >= 4 is 69.0 Å². The summed E-state index contributed by atoms with van der Waals surface area (Å²) in [6.45, 7) is 26.3. The molecule has 0 heterocycles. The summed E-state index contributed by atoms with van der Waals surface area (Å²) in [5.74, 6) is 0. The Morgan fingerprint density at radius 2 is 0.750 bits per heavy atom. The first-order chi connectivity index (χ1) is 14.4. The summed E-state index contributed by atoms with van der Waals surface area (Å²) < 4.78 is 14.5. The molecule has 0 atom stereocenters. The van der Waals surface area contributed by atoms with E-state index in [9.17, 15) is 0 Å². The van der Waals surface area contributed by atoms with Gasteiger partial charge in [0.25, 0.3) is 0 Å². The molecule has 6 heteroatoms. The van der Waals surface area contributed by atoms with E-state index in [0.29, 0.717) is 0 Å². The second kappa shape index (κ2) is 12.2. The Hall–Kier alpha value is 0.170. The van der Waals surface area contributed by atoms with Crippen LogP contribution in [0.25, 0.3) is 0 Å². The Morgan fingerprint density at radius 3 is 0.938 bits per heavy atom. The summed E-state index contributed by atoms with van der Waals surface area (Å²) in [5.41, 5.74) is 10.6. The van der Waals surface area contributed by atoms with Crippen molar-refractivity contribution in [1.82, 2.24) is 0 Å². The van der Waals surface area contributed by atoms with Crippen LogP contribution < -0.4 is 0 Å². The first kappa shape index (κ1) is 30.2. The maximum absolute atomic E-state index is 6.10. The van der Waals surface area contributed by atoms with Gasteiger partial charge in [-0.15, -0.1) is 0 Å². The fourth-order valence-electron chi connectivity index (χ4n) is 3.72. The van der Waals surface area contributed by atoms with Crippen molar-refractivity contribution in [2.24, 2.45) is 0 Å². The van der Waals surface area contributed by atoms with Gasteiger partial charge in [0.15, 0.2) is 0 Å². The molecule has 2 nitrogen and oxygen atoms in total. The zero-order valence-electron chi connectivity index (χ0n) is 22.0. The summed E-state index contributed by atoms with van der Waals surface area (Å²) in [5, 5.41) is 0. The monoisotopic (exact) mass is 682 g/mol. The van der Waals surface area contributed by atoms with Crippen LogP contribution in [0.5, 0.6) is 0 Å². The maximum atomic E-state index is 6.10. The van der Waals surface area contributed by atoms with Gasteiger partial charge in [0.1, 0.15) is 0 Å². The van der Waals surface area contributed by atoms with Crippen molar-refractivity contribution in [3.05, 3.63) is 68.8 Å². The molecule has 0 fully saturated rings. The van der Waals surface area contributed by atoms with E-state index in [1.54, 1.807) is 45.1 Å². The van der Waals surface area contributed by atoms with Crippen LogP contribution in [0, 0.1) is 41.5 Å². The SMILES string of the molecule is Cc1cc(C)c([C](=[Sb])O[Si](C)(C)C)c(C)c1.Cc1cc(C)c([C](=[Sb])O[Si](C)(C)C)c(C)c1. The average molecular weight is 684 g/mol. The topological polar surface area (TPSA) is 18.5 Å². The van der Waals surface area contributed by atoms with Crippen LogP contribution in [0.15, 0.2) is 24.3 Å². The molecule has 174 valence electrons. The second-order valence-corrected chi connectivity index (χ2v) is 21.8. The summed E-state index contributed by atoms with van der Waals surface area (Å²) in [6.07, 6.45) is 0. The van der Waals surface area contributed by atoms with Gasteiger partial charge in [-0.1, -0.05) is 0 Å². The van der Waals surface area contributed by atoms with Gasteiger partial charge >= 0.3 is 227 Å². The zero-order chi connectivity index (χ0) is 25.0. The van der Waals surface area contributed by atoms with Gasteiger partial charge in [0.05, 0.1) is 0 Å². The van der Waals surface area contributed by atoms with Gasteiger partial charge in [0.2, 0.25) is 0 Å². The van der Waals surface area contributed by atoms with E-state index in [4.69, 9.17) is 8.85 Å². The third-order valence-electron chi connectivity index (χ3n) is 4.59. The van der Waals surface area contributed by atoms with E-state index in [1.165, 1.54) is 44.5 Å². The summed E-state index contributed by atoms with van der Waals surface area (Å²) in [7, 11) is -2.97. The third kappa shape index (κ3) is 10.2. The second-order valence-electron chi connectivity index (χ2n) is 10.6. The number of rotatable bonds is 6. The molecule has 2 aromatic carbocycles. The molecule has 0 amide bonds. The molecule has 0 saturated heterocycles. The van der Waals surface area contributed by atoms with E-state index in [0.717, 1.165) is 7.27 Å². The standard InChI is InChI=1S/2C13H20OSi.2Sb/c2*1-10-7-11(2)13(12(3)8-10)9-14-15(4,5)6;;/h2*7-8H,1-6H3;;. The average Bonchev–Trinajstić information content (AvgIpc) is 2.49. The molecule has 0 N–H and O–H groups in total. The molecule has 0 aromatic heterocycles. The predicted molar refractivity (Wildman–Crippen MR) is 150 cm³/mol. The third-order valence-corrected chi connectivity index (χ3v) is 9.04. The van der Waals surface area contributed by atoms with Crippen molar-refractivity contribution in [3.8, 4) is 0 Å². The predicted octanol–water partition coefficient (Wildman–Crippen LogP) is 6.22. The molecule has 2 radical (unpaired) electrons. The Morgan fingerprint density at radius 1 is 0.531 bits per heavy atom. The minimum absolute atomic E-state index is 1.13. The van der Waals surface area contributed by atoms with Crippen LogP contribution in [0.3, 0.4) is 0 Å². The molecular weight excluding hydrogens is 644 g/mol. The molecule has 2 aromatic rings. The molecular formula is C26H40O2Sb2Si2.